The summed E-state index contributed by atoms with van der Waals surface area (Å²) in [6, 6.07) is 0. The topological polar surface area (TPSA) is 92.7 Å². The first-order chi connectivity index (χ1) is 9.91. The van der Waals surface area contributed by atoms with Crippen LogP contribution in [0.5, 0.6) is 0 Å². The van der Waals surface area contributed by atoms with Crippen molar-refractivity contribution in [2.75, 3.05) is 53.9 Å². The summed E-state index contributed by atoms with van der Waals surface area (Å²) in [7, 11) is -0.898. The molecule has 0 saturated carbocycles. The quantitative estimate of drug-likeness (QED) is 0.375. The molecule has 0 aliphatic heterocycles. The smallest absolute Gasteiger partial charge is 0.379 e. The Kier molecular flexibility index (Phi) is 12.5. The van der Waals surface area contributed by atoms with Gasteiger partial charge in [0.05, 0.1) is 51.8 Å². The maximum atomic E-state index is 11.5. The first-order valence-electron chi connectivity index (χ1n) is 6.74. The van der Waals surface area contributed by atoms with E-state index in [2.05, 4.69) is 0 Å². The average Bonchev–Trinajstić information content (AvgIpc) is 2.45. The van der Waals surface area contributed by atoms with Gasteiger partial charge >= 0.3 is 7.82 Å². The SMILES string of the molecule is COC(C)COCCOP(=O)(O)OCCOCC(C)OC. The Morgan fingerprint density at radius 3 is 1.57 bits per heavy atom. The monoisotopic (exact) mass is 330 g/mol. The number of methoxy groups -OCH3 is 2. The summed E-state index contributed by atoms with van der Waals surface area (Å²) in [6.45, 7) is 4.78. The molecule has 0 aliphatic rings. The second-order valence-corrected chi connectivity index (χ2v) is 5.83. The molecule has 0 saturated heterocycles. The highest BCUT2D eigenvalue weighted by atomic mass is 31.2. The van der Waals surface area contributed by atoms with Gasteiger partial charge in [-0.05, 0) is 13.8 Å². The minimum absolute atomic E-state index is 0.0335. The van der Waals surface area contributed by atoms with Crippen molar-refractivity contribution in [2.24, 2.45) is 0 Å². The van der Waals surface area contributed by atoms with Crippen LogP contribution in [-0.2, 0) is 32.6 Å². The molecule has 0 rings (SSSR count). The first-order valence-corrected chi connectivity index (χ1v) is 8.23. The largest absolute Gasteiger partial charge is 0.472 e. The lowest BCUT2D eigenvalue weighted by molar-refractivity contribution is -0.00208. The summed E-state index contributed by atoms with van der Waals surface area (Å²) >= 11 is 0. The summed E-state index contributed by atoms with van der Waals surface area (Å²) in [5.41, 5.74) is 0. The summed E-state index contributed by atoms with van der Waals surface area (Å²) in [6.07, 6.45) is -0.0670. The zero-order valence-corrected chi connectivity index (χ0v) is 14.0. The number of hydrogen-bond donors (Lipinski definition) is 1. The van der Waals surface area contributed by atoms with E-state index in [1.165, 1.54) is 0 Å². The Bertz CT molecular complexity index is 264. The molecular formula is C12H27O8P. The van der Waals surface area contributed by atoms with Crippen LogP contribution in [0.15, 0.2) is 0 Å². The highest BCUT2D eigenvalue weighted by Gasteiger charge is 2.20. The van der Waals surface area contributed by atoms with E-state index in [-0.39, 0.29) is 38.6 Å². The summed E-state index contributed by atoms with van der Waals surface area (Å²) in [4.78, 5) is 9.37. The van der Waals surface area contributed by atoms with Crippen molar-refractivity contribution in [1.29, 1.82) is 0 Å². The molecule has 8 nitrogen and oxygen atoms in total. The molecule has 0 bridgehead atoms. The minimum Gasteiger partial charge on any atom is -0.379 e. The summed E-state index contributed by atoms with van der Waals surface area (Å²) < 4.78 is 41.3. The van der Waals surface area contributed by atoms with Crippen molar-refractivity contribution < 1.29 is 37.5 Å². The zero-order chi connectivity index (χ0) is 16.1. The minimum atomic E-state index is -4.06. The molecule has 0 aromatic rings. The van der Waals surface area contributed by atoms with Gasteiger partial charge in [-0.25, -0.2) is 4.57 Å². The fourth-order valence-electron chi connectivity index (χ4n) is 1.10. The molecule has 0 heterocycles. The van der Waals surface area contributed by atoms with Crippen LogP contribution in [0.3, 0.4) is 0 Å². The third-order valence-corrected chi connectivity index (χ3v) is 3.49. The van der Waals surface area contributed by atoms with Crippen molar-refractivity contribution in [2.45, 2.75) is 26.1 Å². The van der Waals surface area contributed by atoms with Gasteiger partial charge in [0.1, 0.15) is 0 Å². The second kappa shape index (κ2) is 12.5. The van der Waals surface area contributed by atoms with E-state index in [1.807, 2.05) is 13.8 Å². The van der Waals surface area contributed by atoms with Crippen molar-refractivity contribution in [3.8, 4) is 0 Å². The average molecular weight is 330 g/mol. The lowest BCUT2D eigenvalue weighted by Gasteiger charge is -2.14. The summed E-state index contributed by atoms with van der Waals surface area (Å²) in [5, 5.41) is 0. The van der Waals surface area contributed by atoms with E-state index in [0.717, 1.165) is 0 Å². The maximum absolute atomic E-state index is 11.5. The molecule has 21 heavy (non-hydrogen) atoms. The fraction of sp³-hybridized carbons (Fsp3) is 1.00. The third-order valence-electron chi connectivity index (χ3n) is 2.47. The van der Waals surface area contributed by atoms with Crippen molar-refractivity contribution >= 4 is 7.82 Å². The predicted octanol–water partition coefficient (Wildman–Crippen LogP) is 1.22. The van der Waals surface area contributed by atoms with Crippen LogP contribution in [0.4, 0.5) is 0 Å². The number of rotatable bonds is 14. The Morgan fingerprint density at radius 2 is 1.24 bits per heavy atom. The van der Waals surface area contributed by atoms with Crippen LogP contribution in [0.25, 0.3) is 0 Å². The normalized spacial score (nSPS) is 17.4. The van der Waals surface area contributed by atoms with Crippen LogP contribution < -0.4 is 0 Å². The Hall–Kier alpha value is -0.0500. The van der Waals surface area contributed by atoms with Crippen molar-refractivity contribution in [3.05, 3.63) is 0 Å². The van der Waals surface area contributed by atoms with Crippen LogP contribution in [0.1, 0.15) is 13.8 Å². The fourth-order valence-corrected chi connectivity index (χ4v) is 1.78. The second-order valence-electron chi connectivity index (χ2n) is 4.38. The third kappa shape index (κ3) is 13.3. The molecular weight excluding hydrogens is 303 g/mol. The van der Waals surface area contributed by atoms with Crippen LogP contribution in [-0.4, -0.2) is 71.0 Å². The summed E-state index contributed by atoms with van der Waals surface area (Å²) in [5.74, 6) is 0. The van der Waals surface area contributed by atoms with Crippen LogP contribution in [0.2, 0.25) is 0 Å². The number of hydrogen-bond acceptors (Lipinski definition) is 7. The number of phosphoric acid groups is 1. The van der Waals surface area contributed by atoms with Gasteiger partial charge in [-0.1, -0.05) is 0 Å². The molecule has 9 heteroatoms. The molecule has 0 radical (unpaired) electrons. The molecule has 0 fully saturated rings. The molecule has 2 unspecified atom stereocenters. The van der Waals surface area contributed by atoms with E-state index in [1.54, 1.807) is 14.2 Å². The lowest BCUT2D eigenvalue weighted by atomic mass is 10.4. The molecule has 128 valence electrons. The van der Waals surface area contributed by atoms with Crippen molar-refractivity contribution in [3.63, 3.8) is 0 Å². The van der Waals surface area contributed by atoms with Gasteiger partial charge in [0, 0.05) is 14.2 Å². The number of phosphoric ester groups is 1. The molecule has 0 amide bonds. The standard InChI is InChI=1S/C12H27O8P/c1-11(15-3)9-17-5-7-19-21(13,14)20-8-6-18-10-12(2)16-4/h11-12H,5-10H2,1-4H3,(H,13,14). The molecule has 1 N–H and O–H groups in total. The molecule has 2 atom stereocenters. The molecule has 0 spiro atoms. The number of ether oxygens (including phenoxy) is 4. The molecule has 0 aromatic heterocycles. The van der Waals surface area contributed by atoms with Crippen LogP contribution >= 0.6 is 7.82 Å². The van der Waals surface area contributed by atoms with Gasteiger partial charge in [0.2, 0.25) is 0 Å². The first kappa shape index (κ1) is 20.9. The van der Waals surface area contributed by atoms with E-state index >= 15 is 0 Å². The Balaban J connectivity index is 3.54. The van der Waals surface area contributed by atoms with Gasteiger partial charge in [0.25, 0.3) is 0 Å². The Morgan fingerprint density at radius 1 is 0.857 bits per heavy atom. The van der Waals surface area contributed by atoms with E-state index < -0.39 is 7.82 Å². The van der Waals surface area contributed by atoms with Crippen molar-refractivity contribution in [1.82, 2.24) is 0 Å². The highest BCUT2D eigenvalue weighted by Crippen LogP contribution is 2.42. The molecule has 0 aromatic carbocycles. The predicted molar refractivity (Wildman–Crippen MR) is 76.3 cm³/mol. The highest BCUT2D eigenvalue weighted by molar-refractivity contribution is 7.47. The van der Waals surface area contributed by atoms with E-state index in [9.17, 15) is 9.46 Å². The van der Waals surface area contributed by atoms with Crippen LogP contribution in [0, 0.1) is 0 Å². The van der Waals surface area contributed by atoms with Gasteiger partial charge in [0.15, 0.2) is 0 Å². The van der Waals surface area contributed by atoms with E-state index in [4.69, 9.17) is 28.0 Å². The Labute approximate surface area is 126 Å². The molecule has 0 aliphatic carbocycles. The van der Waals surface area contributed by atoms with E-state index in [0.29, 0.717) is 13.2 Å². The maximum Gasteiger partial charge on any atom is 0.472 e. The van der Waals surface area contributed by atoms with Gasteiger partial charge < -0.3 is 23.8 Å². The van der Waals surface area contributed by atoms with Gasteiger partial charge in [-0.3, -0.25) is 9.05 Å². The van der Waals surface area contributed by atoms with Gasteiger partial charge in [-0.2, -0.15) is 0 Å². The van der Waals surface area contributed by atoms with Gasteiger partial charge in [-0.15, -0.1) is 0 Å². The zero-order valence-electron chi connectivity index (χ0n) is 13.1. The lowest BCUT2D eigenvalue weighted by Crippen LogP contribution is -2.17.